The molecular weight excluding hydrogens is 391 g/mol. The van der Waals surface area contributed by atoms with Crippen LogP contribution in [0.2, 0.25) is 0 Å². The minimum absolute atomic E-state index is 0.181. The Labute approximate surface area is 181 Å². The fourth-order valence-corrected chi connectivity index (χ4v) is 3.68. The number of nitrogens with zero attached hydrogens (tertiary/aromatic N) is 1. The Kier molecular flexibility index (Phi) is 5.19. The van der Waals surface area contributed by atoms with Crippen LogP contribution in [-0.4, -0.2) is 11.8 Å². The van der Waals surface area contributed by atoms with Gasteiger partial charge >= 0.3 is 0 Å². The predicted molar refractivity (Wildman–Crippen MR) is 121 cm³/mol. The molecule has 0 aromatic heterocycles. The largest absolute Gasteiger partial charge is 0.350 e. The van der Waals surface area contributed by atoms with Gasteiger partial charge in [-0.1, -0.05) is 30.3 Å². The van der Waals surface area contributed by atoms with Gasteiger partial charge in [-0.15, -0.1) is 0 Å². The molecule has 0 saturated carbocycles. The summed E-state index contributed by atoms with van der Waals surface area (Å²) in [4.78, 5) is 28.3. The summed E-state index contributed by atoms with van der Waals surface area (Å²) < 4.78 is 13.4. The van der Waals surface area contributed by atoms with Gasteiger partial charge in [-0.3, -0.25) is 9.59 Å². The number of imide groups is 1. The number of anilines is 2. The molecule has 0 unspecified atom stereocenters. The van der Waals surface area contributed by atoms with E-state index in [0.29, 0.717) is 22.5 Å². The minimum Gasteiger partial charge on any atom is -0.350 e. The lowest BCUT2D eigenvalue weighted by Crippen LogP contribution is -2.33. The Morgan fingerprint density at radius 3 is 2.16 bits per heavy atom. The molecule has 3 aromatic carbocycles. The van der Waals surface area contributed by atoms with E-state index in [9.17, 15) is 14.0 Å². The van der Waals surface area contributed by atoms with Gasteiger partial charge < -0.3 is 5.32 Å². The highest BCUT2D eigenvalue weighted by Crippen LogP contribution is 2.36. The van der Waals surface area contributed by atoms with Crippen LogP contribution in [0.4, 0.5) is 15.8 Å². The third kappa shape index (κ3) is 3.63. The van der Waals surface area contributed by atoms with Crippen molar-refractivity contribution in [1.29, 1.82) is 0 Å². The van der Waals surface area contributed by atoms with Crippen LogP contribution in [0.1, 0.15) is 27.8 Å². The zero-order chi connectivity index (χ0) is 22.3. The van der Waals surface area contributed by atoms with Gasteiger partial charge in [0.25, 0.3) is 11.8 Å². The van der Waals surface area contributed by atoms with E-state index in [1.54, 1.807) is 18.2 Å². The molecule has 0 radical (unpaired) electrons. The number of benzene rings is 3. The first-order valence-corrected chi connectivity index (χ1v) is 10.1. The predicted octanol–water partition coefficient (Wildman–Crippen LogP) is 5.46. The molecule has 0 aliphatic carbocycles. The van der Waals surface area contributed by atoms with Gasteiger partial charge in [-0.25, -0.2) is 9.29 Å². The van der Waals surface area contributed by atoms with Crippen molar-refractivity contribution >= 4 is 28.8 Å². The normalized spacial score (nSPS) is 13.9. The summed E-state index contributed by atoms with van der Waals surface area (Å²) >= 11 is 0. The number of hydrogen-bond acceptors (Lipinski definition) is 3. The fraction of sp³-hybridized carbons (Fsp3) is 0.154. The summed E-state index contributed by atoms with van der Waals surface area (Å²) in [5, 5.41) is 3.07. The van der Waals surface area contributed by atoms with Gasteiger partial charge in [-0.2, -0.15) is 0 Å². The Morgan fingerprint density at radius 1 is 0.774 bits per heavy atom. The van der Waals surface area contributed by atoms with Crippen LogP contribution in [0.5, 0.6) is 0 Å². The second kappa shape index (κ2) is 7.84. The Hall–Kier alpha value is -3.73. The summed E-state index contributed by atoms with van der Waals surface area (Å²) in [7, 11) is 0. The number of hydrogen-bond donors (Lipinski definition) is 1. The van der Waals surface area contributed by atoms with Crippen LogP contribution >= 0.6 is 0 Å². The van der Waals surface area contributed by atoms with Gasteiger partial charge in [0.05, 0.1) is 11.3 Å². The van der Waals surface area contributed by atoms with Crippen molar-refractivity contribution in [2.75, 3.05) is 10.2 Å². The molecule has 1 N–H and O–H groups in total. The average molecular weight is 414 g/mol. The number of rotatable bonds is 4. The summed E-state index contributed by atoms with van der Waals surface area (Å²) in [6, 6.07) is 16.9. The van der Waals surface area contributed by atoms with Crippen molar-refractivity contribution in [2.24, 2.45) is 0 Å². The molecular formula is C26H23FN2O2. The molecule has 1 heterocycles. The van der Waals surface area contributed by atoms with Crippen molar-refractivity contribution in [3.63, 3.8) is 0 Å². The third-order valence-electron chi connectivity index (χ3n) is 5.81. The van der Waals surface area contributed by atoms with Crippen molar-refractivity contribution in [3.8, 4) is 0 Å². The van der Waals surface area contributed by atoms with Crippen molar-refractivity contribution in [2.45, 2.75) is 27.7 Å². The number of nitrogens with one attached hydrogen (secondary N) is 1. The molecule has 0 spiro atoms. The maximum atomic E-state index is 13.6. The van der Waals surface area contributed by atoms with E-state index in [-0.39, 0.29) is 17.4 Å². The lowest BCUT2D eigenvalue weighted by Gasteiger charge is -2.19. The molecule has 1 aliphatic heterocycles. The summed E-state index contributed by atoms with van der Waals surface area (Å²) in [5.41, 5.74) is 6.22. The van der Waals surface area contributed by atoms with Crippen LogP contribution < -0.4 is 10.2 Å². The topological polar surface area (TPSA) is 49.4 Å². The van der Waals surface area contributed by atoms with E-state index < -0.39 is 5.91 Å². The lowest BCUT2D eigenvalue weighted by atomic mass is 9.99. The van der Waals surface area contributed by atoms with Crippen LogP contribution in [0.3, 0.4) is 0 Å². The molecule has 156 valence electrons. The van der Waals surface area contributed by atoms with Gasteiger partial charge in [0.1, 0.15) is 11.5 Å². The first-order chi connectivity index (χ1) is 14.8. The van der Waals surface area contributed by atoms with E-state index >= 15 is 0 Å². The van der Waals surface area contributed by atoms with E-state index in [1.807, 2.05) is 58.0 Å². The molecule has 0 atom stereocenters. The summed E-state index contributed by atoms with van der Waals surface area (Å²) in [6.45, 7) is 7.80. The first kappa shape index (κ1) is 20.5. The molecule has 31 heavy (non-hydrogen) atoms. The van der Waals surface area contributed by atoms with Crippen molar-refractivity contribution in [1.82, 2.24) is 0 Å². The van der Waals surface area contributed by atoms with Gasteiger partial charge in [0, 0.05) is 5.69 Å². The number of carbonyl (C=O) groups excluding carboxylic acids is 2. The van der Waals surface area contributed by atoms with Crippen LogP contribution in [0.25, 0.3) is 5.57 Å². The van der Waals surface area contributed by atoms with E-state index in [4.69, 9.17) is 0 Å². The van der Waals surface area contributed by atoms with E-state index in [1.165, 1.54) is 17.0 Å². The molecule has 4 nitrogen and oxygen atoms in total. The Bertz CT molecular complexity index is 1240. The van der Waals surface area contributed by atoms with E-state index in [2.05, 4.69) is 5.32 Å². The van der Waals surface area contributed by atoms with E-state index in [0.717, 1.165) is 22.3 Å². The SMILES string of the molecule is Cc1ccc(C2=C(Nc3ccc(F)cc3)C(=O)N(c3cccc(C)c3C)C2=O)cc1C. The second-order valence-corrected chi connectivity index (χ2v) is 7.85. The third-order valence-corrected chi connectivity index (χ3v) is 5.81. The number of halogens is 1. The molecule has 5 heteroatoms. The van der Waals surface area contributed by atoms with Crippen molar-refractivity contribution in [3.05, 3.63) is 100.0 Å². The molecule has 2 amide bonds. The summed E-state index contributed by atoms with van der Waals surface area (Å²) in [5.74, 6) is -1.19. The minimum atomic E-state index is -0.434. The van der Waals surface area contributed by atoms with Gasteiger partial charge in [0.2, 0.25) is 0 Å². The molecule has 1 aliphatic rings. The second-order valence-electron chi connectivity index (χ2n) is 7.85. The Morgan fingerprint density at radius 2 is 1.48 bits per heavy atom. The molecule has 0 saturated heterocycles. The monoisotopic (exact) mass is 414 g/mol. The zero-order valence-electron chi connectivity index (χ0n) is 17.9. The quantitative estimate of drug-likeness (QED) is 0.577. The number of aryl methyl sites for hydroxylation is 3. The van der Waals surface area contributed by atoms with Crippen LogP contribution in [0, 0.1) is 33.5 Å². The molecule has 0 bridgehead atoms. The highest BCUT2D eigenvalue weighted by atomic mass is 19.1. The molecule has 3 aromatic rings. The smallest absolute Gasteiger partial charge is 0.282 e. The highest BCUT2D eigenvalue weighted by molar-refractivity contribution is 6.46. The van der Waals surface area contributed by atoms with Gasteiger partial charge in [-0.05, 0) is 85.8 Å². The molecule has 0 fully saturated rings. The Balaban J connectivity index is 1.87. The van der Waals surface area contributed by atoms with Gasteiger partial charge in [0.15, 0.2) is 0 Å². The lowest BCUT2D eigenvalue weighted by molar-refractivity contribution is -0.120. The van der Waals surface area contributed by atoms with Crippen molar-refractivity contribution < 1.29 is 14.0 Å². The zero-order valence-corrected chi connectivity index (χ0v) is 17.9. The number of amides is 2. The summed E-state index contributed by atoms with van der Waals surface area (Å²) in [6.07, 6.45) is 0. The maximum Gasteiger partial charge on any atom is 0.282 e. The first-order valence-electron chi connectivity index (χ1n) is 10.1. The maximum absolute atomic E-state index is 13.6. The highest BCUT2D eigenvalue weighted by Gasteiger charge is 2.41. The van der Waals surface area contributed by atoms with Crippen LogP contribution in [0.15, 0.2) is 66.4 Å². The standard InChI is InChI=1S/C26H23FN2O2/c1-15-8-9-19(14-17(15)3)23-24(28-21-12-10-20(27)11-13-21)26(31)29(25(23)30)22-7-5-6-16(2)18(22)4/h5-14,28H,1-4H3. The number of carbonyl (C=O) groups is 2. The fourth-order valence-electron chi connectivity index (χ4n) is 3.68. The molecule has 4 rings (SSSR count). The average Bonchev–Trinajstić information content (AvgIpc) is 2.98. The van der Waals surface area contributed by atoms with Crippen LogP contribution in [-0.2, 0) is 9.59 Å².